The number of nitrogens with zero attached hydrogens (tertiary/aromatic N) is 3. The maximum atomic E-state index is 11.5. The Kier molecular flexibility index (Phi) is 3.99. The van der Waals surface area contributed by atoms with Crippen molar-refractivity contribution in [2.24, 2.45) is 5.73 Å². The quantitative estimate of drug-likeness (QED) is 0.574. The molecule has 9 heteroatoms. The van der Waals surface area contributed by atoms with Crippen molar-refractivity contribution in [3.05, 3.63) is 22.2 Å². The summed E-state index contributed by atoms with van der Waals surface area (Å²) >= 11 is 0. The van der Waals surface area contributed by atoms with Gasteiger partial charge in [0.25, 0.3) is 0 Å². The van der Waals surface area contributed by atoms with E-state index in [1.54, 1.807) is 7.05 Å². The molecule has 9 nitrogen and oxygen atoms in total. The first-order valence-electron chi connectivity index (χ1n) is 6.01. The van der Waals surface area contributed by atoms with Crippen molar-refractivity contribution in [3.8, 4) is 0 Å². The molecule has 1 aliphatic rings. The number of amides is 1. The van der Waals surface area contributed by atoms with E-state index in [2.05, 4.69) is 10.3 Å². The molecule has 1 fully saturated rings. The summed E-state index contributed by atoms with van der Waals surface area (Å²) in [6, 6.07) is 2.09. The molecule has 0 saturated carbocycles. The van der Waals surface area contributed by atoms with Gasteiger partial charge in [0.1, 0.15) is 11.9 Å². The number of morpholine rings is 1. The summed E-state index contributed by atoms with van der Waals surface area (Å²) in [4.78, 5) is 27.7. The lowest BCUT2D eigenvalue weighted by molar-refractivity contribution is -0.384. The van der Waals surface area contributed by atoms with Gasteiger partial charge in [-0.1, -0.05) is 0 Å². The number of ether oxygens (including phenoxy) is 1. The van der Waals surface area contributed by atoms with Crippen LogP contribution < -0.4 is 16.0 Å². The predicted molar refractivity (Wildman–Crippen MR) is 71.6 cm³/mol. The van der Waals surface area contributed by atoms with E-state index in [1.807, 2.05) is 0 Å². The Balaban J connectivity index is 2.47. The van der Waals surface area contributed by atoms with E-state index >= 15 is 0 Å². The minimum absolute atomic E-state index is 0.0952. The van der Waals surface area contributed by atoms with Gasteiger partial charge in [0.05, 0.1) is 18.1 Å². The molecule has 1 atom stereocenters. The van der Waals surface area contributed by atoms with Gasteiger partial charge in [0.2, 0.25) is 11.7 Å². The van der Waals surface area contributed by atoms with Crippen molar-refractivity contribution in [2.75, 3.05) is 37.0 Å². The normalized spacial score (nSPS) is 18.6. The smallest absolute Gasteiger partial charge is 0.311 e. The third-order valence-electron chi connectivity index (χ3n) is 3.04. The molecule has 1 unspecified atom stereocenters. The standard InChI is InChI=1S/C11H15N5O4/c1-13-9-3-2-7(16(18)19)11(14-9)15-4-5-20-6-8(15)10(12)17/h2-3,8H,4-6H2,1H3,(H2,12,17)(H,13,14). The maximum Gasteiger partial charge on any atom is 0.311 e. The number of pyridine rings is 1. The third-order valence-corrected chi connectivity index (χ3v) is 3.04. The van der Waals surface area contributed by atoms with E-state index in [9.17, 15) is 14.9 Å². The molecule has 0 radical (unpaired) electrons. The molecule has 0 aliphatic carbocycles. The fourth-order valence-corrected chi connectivity index (χ4v) is 2.03. The highest BCUT2D eigenvalue weighted by Crippen LogP contribution is 2.30. The lowest BCUT2D eigenvalue weighted by Gasteiger charge is -2.34. The van der Waals surface area contributed by atoms with Crippen LogP contribution in [-0.4, -0.2) is 48.7 Å². The Bertz CT molecular complexity index is 536. The van der Waals surface area contributed by atoms with E-state index in [-0.39, 0.29) is 18.1 Å². The van der Waals surface area contributed by atoms with Gasteiger partial charge in [0, 0.05) is 19.7 Å². The Labute approximate surface area is 114 Å². The Hall–Kier alpha value is -2.42. The van der Waals surface area contributed by atoms with Gasteiger partial charge in [-0.3, -0.25) is 14.9 Å². The number of nitro groups is 1. The van der Waals surface area contributed by atoms with Crippen LogP contribution in [0.15, 0.2) is 12.1 Å². The molecule has 2 heterocycles. The first-order chi connectivity index (χ1) is 9.54. The lowest BCUT2D eigenvalue weighted by Crippen LogP contribution is -2.53. The van der Waals surface area contributed by atoms with E-state index < -0.39 is 16.9 Å². The van der Waals surface area contributed by atoms with Gasteiger partial charge >= 0.3 is 5.69 Å². The number of rotatable bonds is 4. The molecule has 3 N–H and O–H groups in total. The van der Waals surface area contributed by atoms with Crippen molar-refractivity contribution in [2.45, 2.75) is 6.04 Å². The average Bonchev–Trinajstić information content (AvgIpc) is 2.46. The molecular weight excluding hydrogens is 266 g/mol. The SMILES string of the molecule is CNc1ccc([N+](=O)[O-])c(N2CCOCC2C(N)=O)n1. The fourth-order valence-electron chi connectivity index (χ4n) is 2.03. The average molecular weight is 281 g/mol. The molecular formula is C11H15N5O4. The zero-order valence-corrected chi connectivity index (χ0v) is 10.9. The van der Waals surface area contributed by atoms with Crippen LogP contribution in [0.3, 0.4) is 0 Å². The number of nitrogens with one attached hydrogen (secondary N) is 1. The monoisotopic (exact) mass is 281 g/mol. The number of carbonyl (C=O) groups excluding carboxylic acids is 1. The van der Waals surface area contributed by atoms with E-state index in [0.29, 0.717) is 19.0 Å². The van der Waals surface area contributed by atoms with E-state index in [1.165, 1.54) is 17.0 Å². The second kappa shape index (κ2) is 5.70. The van der Waals surface area contributed by atoms with Gasteiger partial charge < -0.3 is 20.7 Å². The number of carbonyl (C=O) groups is 1. The Morgan fingerprint density at radius 1 is 1.65 bits per heavy atom. The number of primary amides is 1. The van der Waals surface area contributed by atoms with Crippen LogP contribution in [0.4, 0.5) is 17.3 Å². The van der Waals surface area contributed by atoms with Gasteiger partial charge in [-0.25, -0.2) is 4.98 Å². The molecule has 0 aromatic carbocycles. The summed E-state index contributed by atoms with van der Waals surface area (Å²) in [5.41, 5.74) is 5.15. The van der Waals surface area contributed by atoms with Gasteiger partial charge in [0.15, 0.2) is 0 Å². The van der Waals surface area contributed by atoms with Crippen molar-refractivity contribution in [1.82, 2.24) is 4.98 Å². The van der Waals surface area contributed by atoms with Crippen molar-refractivity contribution in [3.63, 3.8) is 0 Å². The van der Waals surface area contributed by atoms with Crippen LogP contribution in [0.25, 0.3) is 0 Å². The summed E-state index contributed by atoms with van der Waals surface area (Å²) in [5.74, 6) is -0.00933. The minimum atomic E-state index is -0.762. The lowest BCUT2D eigenvalue weighted by atomic mass is 10.2. The second-order valence-electron chi connectivity index (χ2n) is 4.23. The predicted octanol–water partition coefficient (Wildman–Crippen LogP) is -0.278. The summed E-state index contributed by atoms with van der Waals surface area (Å²) in [5, 5.41) is 13.9. The highest BCUT2D eigenvalue weighted by atomic mass is 16.6. The van der Waals surface area contributed by atoms with Crippen molar-refractivity contribution in [1.29, 1.82) is 0 Å². The molecule has 0 bridgehead atoms. The molecule has 0 spiro atoms. The summed E-state index contributed by atoms with van der Waals surface area (Å²) in [6.45, 7) is 0.763. The molecule has 1 aromatic heterocycles. The Morgan fingerprint density at radius 2 is 2.40 bits per heavy atom. The first kappa shape index (κ1) is 14.0. The second-order valence-corrected chi connectivity index (χ2v) is 4.23. The van der Waals surface area contributed by atoms with Crippen LogP contribution >= 0.6 is 0 Å². The van der Waals surface area contributed by atoms with Crippen LogP contribution in [0.2, 0.25) is 0 Å². The molecule has 1 saturated heterocycles. The number of nitrogens with two attached hydrogens (primary N) is 1. The van der Waals surface area contributed by atoms with Crippen LogP contribution in [-0.2, 0) is 9.53 Å². The number of aromatic nitrogens is 1. The van der Waals surface area contributed by atoms with Crippen LogP contribution in [0.1, 0.15) is 0 Å². The minimum Gasteiger partial charge on any atom is -0.377 e. The largest absolute Gasteiger partial charge is 0.377 e. The number of hydrogen-bond donors (Lipinski definition) is 2. The van der Waals surface area contributed by atoms with Crippen molar-refractivity contribution >= 4 is 23.2 Å². The molecule has 20 heavy (non-hydrogen) atoms. The highest BCUT2D eigenvalue weighted by Gasteiger charge is 2.33. The van der Waals surface area contributed by atoms with Crippen molar-refractivity contribution < 1.29 is 14.5 Å². The maximum absolute atomic E-state index is 11.5. The number of anilines is 2. The molecule has 1 aliphatic heterocycles. The molecule has 2 rings (SSSR count). The molecule has 108 valence electrons. The van der Waals surface area contributed by atoms with Gasteiger partial charge in [-0.05, 0) is 6.07 Å². The molecule has 1 amide bonds. The summed E-state index contributed by atoms with van der Waals surface area (Å²) in [7, 11) is 1.66. The summed E-state index contributed by atoms with van der Waals surface area (Å²) < 4.78 is 5.20. The molecule has 1 aromatic rings. The Morgan fingerprint density at radius 3 is 3.00 bits per heavy atom. The van der Waals surface area contributed by atoms with E-state index in [4.69, 9.17) is 10.5 Å². The summed E-state index contributed by atoms with van der Waals surface area (Å²) in [6.07, 6.45) is 0. The topological polar surface area (TPSA) is 124 Å². The van der Waals surface area contributed by atoms with Gasteiger partial charge in [-0.15, -0.1) is 0 Å². The zero-order valence-electron chi connectivity index (χ0n) is 10.9. The third kappa shape index (κ3) is 2.62. The van der Waals surface area contributed by atoms with Crippen LogP contribution in [0, 0.1) is 10.1 Å². The van der Waals surface area contributed by atoms with Gasteiger partial charge in [-0.2, -0.15) is 0 Å². The first-order valence-corrected chi connectivity index (χ1v) is 6.01. The zero-order chi connectivity index (χ0) is 14.7. The fraction of sp³-hybridized carbons (Fsp3) is 0.455. The highest BCUT2D eigenvalue weighted by molar-refractivity contribution is 5.84. The van der Waals surface area contributed by atoms with Crippen LogP contribution in [0.5, 0.6) is 0 Å². The number of hydrogen-bond acceptors (Lipinski definition) is 7. The van der Waals surface area contributed by atoms with E-state index in [0.717, 1.165) is 0 Å².